The number of hydrogen-bond acceptors (Lipinski definition) is 3. The van der Waals surface area contributed by atoms with Crippen LogP contribution >= 0.6 is 0 Å². The summed E-state index contributed by atoms with van der Waals surface area (Å²) >= 11 is 0. The third-order valence-corrected chi connectivity index (χ3v) is 5.01. The molecule has 0 unspecified atom stereocenters. The van der Waals surface area contributed by atoms with Gasteiger partial charge in [0.2, 0.25) is 0 Å². The molecule has 27 heavy (non-hydrogen) atoms. The zero-order chi connectivity index (χ0) is 18.5. The maximum Gasteiger partial charge on any atom is 0.197 e. The Morgan fingerprint density at radius 2 is 1.63 bits per heavy atom. The first kappa shape index (κ1) is 15.4. The van der Waals surface area contributed by atoms with Gasteiger partial charge in [-0.05, 0) is 23.3 Å². The number of hydrogen-bond donors (Lipinski definition) is 0. The monoisotopic (exact) mass is 350 g/mol. The zero-order valence-corrected chi connectivity index (χ0v) is 14.0. The Morgan fingerprint density at radius 3 is 2.44 bits per heavy atom. The lowest BCUT2D eigenvalue weighted by Gasteiger charge is -2.08. The molecule has 5 rings (SSSR count). The van der Waals surface area contributed by atoms with Gasteiger partial charge in [-0.1, -0.05) is 42.5 Å². The van der Waals surface area contributed by atoms with Crippen LogP contribution in [0.4, 0.5) is 4.39 Å². The molecule has 2 aliphatic rings. The van der Waals surface area contributed by atoms with E-state index in [1.54, 1.807) is 18.3 Å². The predicted molar refractivity (Wildman–Crippen MR) is 100 cm³/mol. The molecule has 2 aliphatic carbocycles. The molecule has 0 saturated heterocycles. The largest absolute Gasteiger partial charge is 0.288 e. The van der Waals surface area contributed by atoms with Crippen LogP contribution in [0.1, 0.15) is 27.0 Å². The summed E-state index contributed by atoms with van der Waals surface area (Å²) in [4.78, 5) is 17.7. The minimum absolute atomic E-state index is 0.0244. The molecule has 3 aromatic rings. The van der Waals surface area contributed by atoms with Gasteiger partial charge in [0.1, 0.15) is 5.82 Å². The highest BCUT2D eigenvalue weighted by Gasteiger charge is 2.38. The van der Waals surface area contributed by atoms with Crippen molar-refractivity contribution in [2.24, 2.45) is 0 Å². The molecular formula is C23H11FN2O. The minimum atomic E-state index is -0.574. The Labute approximate surface area is 154 Å². The Bertz CT molecular complexity index is 1210. The molecule has 126 valence electrons. The van der Waals surface area contributed by atoms with Gasteiger partial charge in [0.05, 0.1) is 17.3 Å². The molecule has 1 aromatic heterocycles. The number of rotatable bonds is 0. The van der Waals surface area contributed by atoms with Gasteiger partial charge in [0.25, 0.3) is 0 Å². The SMILES string of the molecule is N#CC=C1/C(=C2\c3ccccc3-c3ncccc32)C(=O)c2c(F)cccc21. The van der Waals surface area contributed by atoms with Gasteiger partial charge in [-0.2, -0.15) is 5.26 Å². The molecular weight excluding hydrogens is 339 g/mol. The van der Waals surface area contributed by atoms with Crippen molar-refractivity contribution in [2.75, 3.05) is 0 Å². The number of ketones is 1. The van der Waals surface area contributed by atoms with Gasteiger partial charge in [-0.15, -0.1) is 0 Å². The van der Waals surface area contributed by atoms with Crippen molar-refractivity contribution in [3.05, 3.63) is 101 Å². The normalized spacial score (nSPS) is 18.2. The Morgan fingerprint density at radius 1 is 0.889 bits per heavy atom. The predicted octanol–water partition coefficient (Wildman–Crippen LogP) is 4.81. The van der Waals surface area contributed by atoms with E-state index in [-0.39, 0.29) is 5.56 Å². The average molecular weight is 350 g/mol. The highest BCUT2D eigenvalue weighted by atomic mass is 19.1. The van der Waals surface area contributed by atoms with E-state index in [9.17, 15) is 14.4 Å². The summed E-state index contributed by atoms with van der Waals surface area (Å²) in [6.45, 7) is 0. The third kappa shape index (κ3) is 2.00. The van der Waals surface area contributed by atoms with Crippen LogP contribution in [0.3, 0.4) is 0 Å². The number of nitrogens with zero attached hydrogens (tertiary/aromatic N) is 2. The molecule has 0 fully saturated rings. The highest BCUT2D eigenvalue weighted by molar-refractivity contribution is 6.32. The number of halogens is 1. The van der Waals surface area contributed by atoms with E-state index in [2.05, 4.69) is 4.98 Å². The Balaban J connectivity index is 1.93. The van der Waals surface area contributed by atoms with Gasteiger partial charge in [-0.25, -0.2) is 4.39 Å². The molecule has 2 aromatic carbocycles. The summed E-state index contributed by atoms with van der Waals surface area (Å²) in [5.41, 5.74) is 5.40. The number of benzene rings is 2. The highest BCUT2D eigenvalue weighted by Crippen LogP contribution is 2.50. The number of allylic oxidation sites excluding steroid dienone is 3. The van der Waals surface area contributed by atoms with Gasteiger partial charge < -0.3 is 0 Å². The fourth-order valence-electron chi connectivity index (χ4n) is 3.97. The summed E-state index contributed by atoms with van der Waals surface area (Å²) in [6.07, 6.45) is 3.03. The summed E-state index contributed by atoms with van der Waals surface area (Å²) in [5.74, 6) is -0.972. The Hall–Kier alpha value is -3.84. The lowest BCUT2D eigenvalue weighted by molar-refractivity contribution is 0.104. The molecule has 0 amide bonds. The Kier molecular flexibility index (Phi) is 3.19. The van der Waals surface area contributed by atoms with Crippen LogP contribution < -0.4 is 0 Å². The van der Waals surface area contributed by atoms with Crippen LogP contribution in [-0.2, 0) is 0 Å². The van der Waals surface area contributed by atoms with Crippen molar-refractivity contribution in [3.8, 4) is 17.3 Å². The number of carbonyl (C=O) groups is 1. The lowest BCUT2D eigenvalue weighted by atomic mass is 9.93. The zero-order valence-electron chi connectivity index (χ0n) is 14.0. The maximum absolute atomic E-state index is 14.4. The third-order valence-electron chi connectivity index (χ3n) is 5.01. The van der Waals surface area contributed by atoms with Crippen molar-refractivity contribution in [1.29, 1.82) is 5.26 Å². The van der Waals surface area contributed by atoms with Crippen LogP contribution in [0.2, 0.25) is 0 Å². The minimum Gasteiger partial charge on any atom is -0.288 e. The van der Waals surface area contributed by atoms with E-state index in [0.717, 1.165) is 22.4 Å². The average Bonchev–Trinajstić information content (AvgIpc) is 3.16. The second-order valence-corrected chi connectivity index (χ2v) is 6.37. The van der Waals surface area contributed by atoms with E-state index >= 15 is 0 Å². The first-order valence-corrected chi connectivity index (χ1v) is 8.45. The molecule has 0 radical (unpaired) electrons. The standard InChI is InChI=1S/C23H11FN2O/c24-18-9-3-7-13-15(10-11-25)21(23(27)20(13)18)19-14-5-1-2-6-16(14)22-17(19)8-4-12-26-22/h1-10,12H/b15-10?,21-19-. The summed E-state index contributed by atoms with van der Waals surface area (Å²) in [5, 5.41) is 9.29. The fourth-order valence-corrected chi connectivity index (χ4v) is 3.97. The van der Waals surface area contributed by atoms with E-state index in [4.69, 9.17) is 0 Å². The first-order chi connectivity index (χ1) is 13.2. The van der Waals surface area contributed by atoms with Crippen molar-refractivity contribution in [2.45, 2.75) is 0 Å². The van der Waals surface area contributed by atoms with Crippen LogP contribution in [0.15, 0.2) is 72.4 Å². The molecule has 0 N–H and O–H groups in total. The van der Waals surface area contributed by atoms with E-state index in [1.165, 1.54) is 12.1 Å². The fraction of sp³-hybridized carbons (Fsp3) is 0. The summed E-state index contributed by atoms with van der Waals surface area (Å²) in [7, 11) is 0. The molecule has 0 spiro atoms. The quantitative estimate of drug-likeness (QED) is 0.338. The van der Waals surface area contributed by atoms with E-state index in [0.29, 0.717) is 22.3 Å². The molecule has 1 heterocycles. The molecule has 4 heteroatoms. The molecule has 0 saturated carbocycles. The van der Waals surface area contributed by atoms with Gasteiger partial charge >= 0.3 is 0 Å². The van der Waals surface area contributed by atoms with Gasteiger partial charge in [0.15, 0.2) is 5.78 Å². The van der Waals surface area contributed by atoms with E-state index in [1.807, 2.05) is 42.5 Å². The van der Waals surface area contributed by atoms with Crippen LogP contribution in [0.5, 0.6) is 0 Å². The van der Waals surface area contributed by atoms with Crippen molar-refractivity contribution >= 4 is 16.9 Å². The van der Waals surface area contributed by atoms with E-state index < -0.39 is 11.6 Å². The van der Waals surface area contributed by atoms with Gasteiger partial charge in [0, 0.05) is 40.1 Å². The van der Waals surface area contributed by atoms with Gasteiger partial charge in [-0.3, -0.25) is 9.78 Å². The second-order valence-electron chi connectivity index (χ2n) is 6.37. The topological polar surface area (TPSA) is 53.8 Å². The molecule has 0 bridgehead atoms. The summed E-state index contributed by atoms with van der Waals surface area (Å²) in [6, 6.07) is 17.9. The molecule has 0 atom stereocenters. The molecule has 3 nitrogen and oxygen atoms in total. The maximum atomic E-state index is 14.4. The van der Waals surface area contributed by atoms with Crippen LogP contribution in [0, 0.1) is 17.1 Å². The first-order valence-electron chi connectivity index (χ1n) is 8.45. The summed E-state index contributed by atoms with van der Waals surface area (Å²) < 4.78 is 14.4. The smallest absolute Gasteiger partial charge is 0.197 e. The van der Waals surface area contributed by atoms with Crippen molar-refractivity contribution < 1.29 is 9.18 Å². The number of fused-ring (bicyclic) bond motifs is 4. The number of pyridine rings is 1. The molecule has 0 aliphatic heterocycles. The second kappa shape index (κ2) is 5.58. The number of Topliss-reactive ketones (excluding diaryl/α,β-unsaturated/α-hetero) is 1. The van der Waals surface area contributed by atoms with Crippen LogP contribution in [0.25, 0.3) is 22.4 Å². The number of aromatic nitrogens is 1. The van der Waals surface area contributed by atoms with Crippen molar-refractivity contribution in [3.63, 3.8) is 0 Å². The number of nitriles is 1. The lowest BCUT2D eigenvalue weighted by Crippen LogP contribution is -2.01. The van der Waals surface area contributed by atoms with Crippen LogP contribution in [-0.4, -0.2) is 10.8 Å². The number of carbonyl (C=O) groups excluding carboxylic acids is 1. The van der Waals surface area contributed by atoms with Crippen molar-refractivity contribution in [1.82, 2.24) is 4.98 Å².